The number of guanidine groups is 1. The minimum absolute atomic E-state index is 0.496. The highest BCUT2D eigenvalue weighted by atomic mass is 16.5. The summed E-state index contributed by atoms with van der Waals surface area (Å²) in [7, 11) is 0. The van der Waals surface area contributed by atoms with E-state index in [0.717, 1.165) is 38.2 Å². The molecule has 0 radical (unpaired) electrons. The minimum Gasteiger partial charge on any atom is -0.382 e. The molecule has 0 aromatic heterocycles. The van der Waals surface area contributed by atoms with E-state index < -0.39 is 0 Å². The van der Waals surface area contributed by atoms with Crippen LogP contribution in [0.15, 0.2) is 4.99 Å². The molecular formula is C14H29N5O. The van der Waals surface area contributed by atoms with E-state index in [4.69, 9.17) is 10.6 Å². The highest BCUT2D eigenvalue weighted by molar-refractivity contribution is 5.79. The number of nitrogens with two attached hydrogens (primary N) is 1. The molecule has 2 unspecified atom stereocenters. The van der Waals surface area contributed by atoms with Crippen molar-refractivity contribution in [3.05, 3.63) is 0 Å². The maximum atomic E-state index is 5.55. The van der Waals surface area contributed by atoms with Crippen molar-refractivity contribution in [2.45, 2.75) is 51.1 Å². The number of hydrogen-bond donors (Lipinski definition) is 3. The van der Waals surface area contributed by atoms with Gasteiger partial charge in [0.05, 0.1) is 0 Å². The molecule has 2 heterocycles. The molecule has 4 N–H and O–H groups in total. The van der Waals surface area contributed by atoms with Crippen molar-refractivity contribution in [2.75, 3.05) is 32.8 Å². The number of fused-ring (bicyclic) bond motifs is 1. The summed E-state index contributed by atoms with van der Waals surface area (Å²) >= 11 is 0. The second-order valence-corrected chi connectivity index (χ2v) is 5.62. The Morgan fingerprint density at radius 2 is 2.30 bits per heavy atom. The average molecular weight is 283 g/mol. The third kappa shape index (κ3) is 4.61. The Morgan fingerprint density at radius 1 is 1.40 bits per heavy atom. The SMILES string of the molecule is CCOCCCN=C(NN)NC1CCN2CCCC2C1. The Kier molecular flexibility index (Phi) is 6.56. The topological polar surface area (TPSA) is 74.9 Å². The van der Waals surface area contributed by atoms with E-state index in [1.54, 1.807) is 0 Å². The molecule has 2 aliphatic rings. The fourth-order valence-corrected chi connectivity index (χ4v) is 3.18. The lowest BCUT2D eigenvalue weighted by Crippen LogP contribution is -2.52. The lowest BCUT2D eigenvalue weighted by atomic mass is 9.98. The van der Waals surface area contributed by atoms with Crippen LogP contribution in [-0.4, -0.2) is 55.8 Å². The van der Waals surface area contributed by atoms with Gasteiger partial charge in [-0.15, -0.1) is 0 Å². The highest BCUT2D eigenvalue weighted by Gasteiger charge is 2.31. The van der Waals surface area contributed by atoms with Crippen LogP contribution in [0.1, 0.15) is 39.0 Å². The molecular weight excluding hydrogens is 254 g/mol. The molecule has 0 saturated carbocycles. The average Bonchev–Trinajstić information content (AvgIpc) is 2.93. The van der Waals surface area contributed by atoms with Crippen LogP contribution in [0.4, 0.5) is 0 Å². The molecule has 2 fully saturated rings. The highest BCUT2D eigenvalue weighted by Crippen LogP contribution is 2.26. The van der Waals surface area contributed by atoms with Gasteiger partial charge in [0.15, 0.2) is 0 Å². The number of aliphatic imine (C=N–C) groups is 1. The molecule has 0 bridgehead atoms. The zero-order valence-electron chi connectivity index (χ0n) is 12.6. The summed E-state index contributed by atoms with van der Waals surface area (Å²) in [5, 5.41) is 3.46. The number of nitrogens with one attached hydrogen (secondary N) is 2. The summed E-state index contributed by atoms with van der Waals surface area (Å²) in [6.45, 7) is 6.76. The van der Waals surface area contributed by atoms with Gasteiger partial charge in [-0.2, -0.15) is 0 Å². The van der Waals surface area contributed by atoms with E-state index in [2.05, 4.69) is 20.6 Å². The Bertz CT molecular complexity index is 310. The van der Waals surface area contributed by atoms with Crippen molar-refractivity contribution in [1.29, 1.82) is 0 Å². The van der Waals surface area contributed by atoms with Gasteiger partial charge in [0, 0.05) is 38.4 Å². The minimum atomic E-state index is 0.496. The second-order valence-electron chi connectivity index (χ2n) is 5.62. The van der Waals surface area contributed by atoms with Gasteiger partial charge in [-0.05, 0) is 45.6 Å². The van der Waals surface area contributed by atoms with Gasteiger partial charge in [-0.25, -0.2) is 5.84 Å². The van der Waals surface area contributed by atoms with Gasteiger partial charge in [0.1, 0.15) is 0 Å². The zero-order valence-corrected chi connectivity index (χ0v) is 12.6. The van der Waals surface area contributed by atoms with Gasteiger partial charge >= 0.3 is 0 Å². The first-order valence-electron chi connectivity index (χ1n) is 7.93. The van der Waals surface area contributed by atoms with Crippen LogP contribution in [0, 0.1) is 0 Å². The second kappa shape index (κ2) is 8.44. The van der Waals surface area contributed by atoms with Crippen LogP contribution >= 0.6 is 0 Å². The van der Waals surface area contributed by atoms with Crippen LogP contribution in [0.5, 0.6) is 0 Å². The standard InChI is InChI=1S/C14H29N5O/c1-2-20-10-4-7-16-14(18-15)17-12-6-9-19-8-3-5-13(19)11-12/h12-13H,2-11,15H2,1H3,(H2,16,17,18). The molecule has 2 aliphatic heterocycles. The summed E-state index contributed by atoms with van der Waals surface area (Å²) in [4.78, 5) is 7.09. The number of nitrogens with zero attached hydrogens (tertiary/aromatic N) is 2. The summed E-state index contributed by atoms with van der Waals surface area (Å²) in [6, 6.07) is 1.26. The summed E-state index contributed by atoms with van der Waals surface area (Å²) in [5.74, 6) is 6.27. The molecule has 116 valence electrons. The fourth-order valence-electron chi connectivity index (χ4n) is 3.18. The van der Waals surface area contributed by atoms with Crippen LogP contribution in [0.2, 0.25) is 0 Å². The zero-order chi connectivity index (χ0) is 14.2. The largest absolute Gasteiger partial charge is 0.382 e. The maximum Gasteiger partial charge on any atom is 0.205 e. The van der Waals surface area contributed by atoms with Crippen molar-refractivity contribution < 1.29 is 4.74 Å². The molecule has 6 nitrogen and oxygen atoms in total. The summed E-state index contributed by atoms with van der Waals surface area (Å²) in [6.07, 6.45) is 6.01. The van der Waals surface area contributed by atoms with E-state index in [-0.39, 0.29) is 0 Å². The fraction of sp³-hybridized carbons (Fsp3) is 0.929. The van der Waals surface area contributed by atoms with Crippen molar-refractivity contribution >= 4 is 5.96 Å². The van der Waals surface area contributed by atoms with Crippen molar-refractivity contribution in [1.82, 2.24) is 15.6 Å². The summed E-state index contributed by atoms with van der Waals surface area (Å²) in [5.41, 5.74) is 2.68. The lowest BCUT2D eigenvalue weighted by molar-refractivity contribution is 0.146. The van der Waals surface area contributed by atoms with Crippen molar-refractivity contribution in [3.63, 3.8) is 0 Å². The van der Waals surface area contributed by atoms with E-state index in [9.17, 15) is 0 Å². The molecule has 2 atom stereocenters. The van der Waals surface area contributed by atoms with E-state index in [1.165, 1.54) is 38.8 Å². The van der Waals surface area contributed by atoms with Gasteiger partial charge in [0.2, 0.25) is 5.96 Å². The first-order valence-corrected chi connectivity index (χ1v) is 7.93. The van der Waals surface area contributed by atoms with Crippen LogP contribution in [-0.2, 0) is 4.74 Å². The summed E-state index contributed by atoms with van der Waals surface area (Å²) < 4.78 is 5.30. The van der Waals surface area contributed by atoms with Crippen molar-refractivity contribution in [3.8, 4) is 0 Å². The van der Waals surface area contributed by atoms with E-state index in [1.807, 2.05) is 6.92 Å². The first kappa shape index (κ1) is 15.5. The molecule has 2 saturated heterocycles. The Morgan fingerprint density at radius 3 is 3.10 bits per heavy atom. The van der Waals surface area contributed by atoms with E-state index in [0.29, 0.717) is 6.04 Å². The van der Waals surface area contributed by atoms with Gasteiger partial charge in [-0.3, -0.25) is 10.4 Å². The molecule has 0 spiro atoms. The van der Waals surface area contributed by atoms with Crippen molar-refractivity contribution in [2.24, 2.45) is 10.8 Å². The number of piperidine rings is 1. The third-order valence-electron chi connectivity index (χ3n) is 4.22. The van der Waals surface area contributed by atoms with Gasteiger partial charge in [0.25, 0.3) is 0 Å². The number of ether oxygens (including phenoxy) is 1. The Labute approximate surface area is 122 Å². The normalized spacial score (nSPS) is 27.4. The number of hydrazine groups is 1. The van der Waals surface area contributed by atoms with Gasteiger partial charge < -0.3 is 15.0 Å². The maximum absolute atomic E-state index is 5.55. The quantitative estimate of drug-likeness (QED) is 0.217. The van der Waals surface area contributed by atoms with Crippen LogP contribution < -0.4 is 16.6 Å². The first-order chi connectivity index (χ1) is 9.83. The Hall–Kier alpha value is -0.850. The lowest BCUT2D eigenvalue weighted by Gasteiger charge is -2.35. The molecule has 20 heavy (non-hydrogen) atoms. The molecule has 0 aliphatic carbocycles. The van der Waals surface area contributed by atoms with Crippen LogP contribution in [0.3, 0.4) is 0 Å². The van der Waals surface area contributed by atoms with Crippen LogP contribution in [0.25, 0.3) is 0 Å². The molecule has 2 rings (SSSR count). The molecule has 6 heteroatoms. The predicted molar refractivity (Wildman–Crippen MR) is 81.5 cm³/mol. The smallest absolute Gasteiger partial charge is 0.205 e. The van der Waals surface area contributed by atoms with Gasteiger partial charge in [-0.1, -0.05) is 0 Å². The number of rotatable bonds is 6. The molecule has 0 aromatic rings. The molecule has 0 amide bonds. The number of hydrogen-bond acceptors (Lipinski definition) is 4. The molecule has 0 aromatic carbocycles. The Balaban J connectivity index is 1.70. The third-order valence-corrected chi connectivity index (χ3v) is 4.22. The monoisotopic (exact) mass is 283 g/mol. The predicted octanol–water partition coefficient (Wildman–Crippen LogP) is 0.449. The van der Waals surface area contributed by atoms with E-state index >= 15 is 0 Å².